The third kappa shape index (κ3) is 1.75. The summed E-state index contributed by atoms with van der Waals surface area (Å²) in [5, 5.41) is 0.460. The molecule has 0 aliphatic carbocycles. The van der Waals surface area contributed by atoms with E-state index < -0.39 is 0 Å². The van der Waals surface area contributed by atoms with Crippen molar-refractivity contribution < 1.29 is 4.79 Å². The minimum Gasteiger partial charge on any atom is -0.337 e. The van der Waals surface area contributed by atoms with Crippen LogP contribution in [-0.4, -0.2) is 28.2 Å². The SMILES string of the molecule is CC1CCC(C)N1C(=O)CBr. The summed E-state index contributed by atoms with van der Waals surface area (Å²) in [6.45, 7) is 4.23. The maximum atomic E-state index is 11.3. The van der Waals surface area contributed by atoms with Crippen LogP contribution in [0.25, 0.3) is 0 Å². The van der Waals surface area contributed by atoms with Crippen LogP contribution in [0.2, 0.25) is 0 Å². The van der Waals surface area contributed by atoms with E-state index in [0.29, 0.717) is 17.4 Å². The van der Waals surface area contributed by atoms with Gasteiger partial charge in [-0.15, -0.1) is 0 Å². The van der Waals surface area contributed by atoms with Crippen LogP contribution in [0.3, 0.4) is 0 Å². The second kappa shape index (κ2) is 3.57. The zero-order valence-corrected chi connectivity index (χ0v) is 8.60. The first-order valence-electron chi connectivity index (χ1n) is 4.04. The van der Waals surface area contributed by atoms with E-state index in [1.807, 2.05) is 4.90 Å². The normalized spacial score (nSPS) is 31.0. The van der Waals surface area contributed by atoms with E-state index in [2.05, 4.69) is 29.8 Å². The maximum Gasteiger partial charge on any atom is 0.233 e. The Kier molecular flexibility index (Phi) is 2.93. The molecule has 1 rings (SSSR count). The number of hydrogen-bond acceptors (Lipinski definition) is 1. The lowest BCUT2D eigenvalue weighted by Gasteiger charge is -2.25. The highest BCUT2D eigenvalue weighted by Gasteiger charge is 2.30. The molecule has 0 N–H and O–H groups in total. The predicted molar refractivity (Wildman–Crippen MR) is 48.8 cm³/mol. The molecule has 2 nitrogen and oxygen atoms in total. The molecule has 0 saturated carbocycles. The molecule has 1 heterocycles. The topological polar surface area (TPSA) is 20.3 Å². The fourth-order valence-corrected chi connectivity index (χ4v) is 2.05. The summed E-state index contributed by atoms with van der Waals surface area (Å²) in [5.74, 6) is 0.225. The van der Waals surface area contributed by atoms with E-state index in [1.165, 1.54) is 0 Å². The number of halogens is 1. The van der Waals surface area contributed by atoms with E-state index in [0.717, 1.165) is 12.8 Å². The maximum absolute atomic E-state index is 11.3. The molecule has 0 aromatic rings. The molecule has 3 heteroatoms. The van der Waals surface area contributed by atoms with Crippen LogP contribution in [0.5, 0.6) is 0 Å². The van der Waals surface area contributed by atoms with Crippen LogP contribution in [0.15, 0.2) is 0 Å². The Hall–Kier alpha value is -0.0500. The molecule has 0 aromatic carbocycles. The van der Waals surface area contributed by atoms with Crippen molar-refractivity contribution in [1.29, 1.82) is 0 Å². The van der Waals surface area contributed by atoms with E-state index in [-0.39, 0.29) is 5.91 Å². The van der Waals surface area contributed by atoms with Gasteiger partial charge in [0.05, 0.1) is 5.33 Å². The van der Waals surface area contributed by atoms with Gasteiger partial charge >= 0.3 is 0 Å². The first-order chi connectivity index (χ1) is 5.16. The molecule has 0 bridgehead atoms. The first kappa shape index (κ1) is 9.04. The summed E-state index contributed by atoms with van der Waals surface area (Å²) in [6, 6.07) is 0.880. The number of carbonyl (C=O) groups is 1. The second-order valence-corrected chi connectivity index (χ2v) is 3.77. The van der Waals surface area contributed by atoms with Gasteiger partial charge in [-0.3, -0.25) is 4.79 Å². The zero-order valence-electron chi connectivity index (χ0n) is 7.01. The lowest BCUT2D eigenvalue weighted by Crippen LogP contribution is -2.39. The molecule has 0 radical (unpaired) electrons. The van der Waals surface area contributed by atoms with E-state index in [1.54, 1.807) is 0 Å². The van der Waals surface area contributed by atoms with Crippen LogP contribution in [0.1, 0.15) is 26.7 Å². The Bertz CT molecular complexity index is 150. The van der Waals surface area contributed by atoms with E-state index in [4.69, 9.17) is 0 Å². The van der Waals surface area contributed by atoms with E-state index >= 15 is 0 Å². The molecule has 1 aliphatic rings. The van der Waals surface area contributed by atoms with Gasteiger partial charge in [-0.05, 0) is 26.7 Å². The monoisotopic (exact) mass is 219 g/mol. The third-order valence-electron chi connectivity index (χ3n) is 2.35. The lowest BCUT2D eigenvalue weighted by atomic mass is 10.2. The highest BCUT2D eigenvalue weighted by Crippen LogP contribution is 2.23. The summed E-state index contributed by atoms with van der Waals surface area (Å²) in [6.07, 6.45) is 2.31. The van der Waals surface area contributed by atoms with Gasteiger partial charge in [0.15, 0.2) is 0 Å². The Balaban J connectivity index is 2.60. The van der Waals surface area contributed by atoms with E-state index in [9.17, 15) is 4.79 Å². The van der Waals surface area contributed by atoms with Gasteiger partial charge in [-0.1, -0.05) is 15.9 Å². The molecule has 0 aromatic heterocycles. The quantitative estimate of drug-likeness (QED) is 0.617. The number of carbonyl (C=O) groups excluding carboxylic acids is 1. The van der Waals surface area contributed by atoms with Gasteiger partial charge in [0.1, 0.15) is 0 Å². The summed E-state index contributed by atoms with van der Waals surface area (Å²) in [5.41, 5.74) is 0. The van der Waals surface area contributed by atoms with Crippen molar-refractivity contribution in [2.24, 2.45) is 0 Å². The number of alkyl halides is 1. The van der Waals surface area contributed by atoms with Crippen molar-refractivity contribution in [1.82, 2.24) is 4.90 Å². The molecule has 2 atom stereocenters. The van der Waals surface area contributed by atoms with Gasteiger partial charge in [0.2, 0.25) is 5.91 Å². The molecular weight excluding hydrogens is 206 g/mol. The molecule has 11 heavy (non-hydrogen) atoms. The molecule has 1 fully saturated rings. The summed E-state index contributed by atoms with van der Waals surface area (Å²) in [4.78, 5) is 13.3. The van der Waals surface area contributed by atoms with Crippen LogP contribution in [0, 0.1) is 0 Å². The smallest absolute Gasteiger partial charge is 0.233 e. The zero-order chi connectivity index (χ0) is 8.43. The number of likely N-dealkylation sites (tertiary alicyclic amines) is 1. The summed E-state index contributed by atoms with van der Waals surface area (Å²) >= 11 is 3.19. The fourth-order valence-electron chi connectivity index (χ4n) is 1.76. The molecular formula is C8H14BrNO. The van der Waals surface area contributed by atoms with Crippen LogP contribution in [-0.2, 0) is 4.79 Å². The molecule has 1 aliphatic heterocycles. The van der Waals surface area contributed by atoms with Crippen LogP contribution in [0.4, 0.5) is 0 Å². The number of hydrogen-bond donors (Lipinski definition) is 0. The Morgan fingerprint density at radius 2 is 1.91 bits per heavy atom. The standard InChI is InChI=1S/C8H14BrNO/c1-6-3-4-7(2)10(6)8(11)5-9/h6-7H,3-5H2,1-2H3. The molecule has 0 spiro atoms. The summed E-state index contributed by atoms with van der Waals surface area (Å²) < 4.78 is 0. The second-order valence-electron chi connectivity index (χ2n) is 3.21. The van der Waals surface area contributed by atoms with Crippen molar-refractivity contribution >= 4 is 21.8 Å². The molecule has 2 unspecified atom stereocenters. The Morgan fingerprint density at radius 1 is 1.45 bits per heavy atom. The van der Waals surface area contributed by atoms with Gasteiger partial charge in [0, 0.05) is 12.1 Å². The molecule has 1 saturated heterocycles. The predicted octanol–water partition coefficient (Wildman–Crippen LogP) is 1.78. The number of nitrogens with zero attached hydrogens (tertiary/aromatic N) is 1. The minimum atomic E-state index is 0.225. The lowest BCUT2D eigenvalue weighted by molar-refractivity contribution is -0.130. The molecule has 64 valence electrons. The first-order valence-corrected chi connectivity index (χ1v) is 5.16. The van der Waals surface area contributed by atoms with Crippen molar-refractivity contribution in [3.8, 4) is 0 Å². The average molecular weight is 220 g/mol. The van der Waals surface area contributed by atoms with Gasteiger partial charge in [0.25, 0.3) is 0 Å². The molecule has 1 amide bonds. The number of rotatable bonds is 1. The van der Waals surface area contributed by atoms with Gasteiger partial charge in [-0.2, -0.15) is 0 Å². The largest absolute Gasteiger partial charge is 0.337 e. The highest BCUT2D eigenvalue weighted by atomic mass is 79.9. The third-order valence-corrected chi connectivity index (χ3v) is 2.83. The van der Waals surface area contributed by atoms with Crippen LogP contribution >= 0.6 is 15.9 Å². The minimum absolute atomic E-state index is 0.225. The fraction of sp³-hybridized carbons (Fsp3) is 0.875. The van der Waals surface area contributed by atoms with Crippen molar-refractivity contribution in [3.05, 3.63) is 0 Å². The van der Waals surface area contributed by atoms with Crippen LogP contribution < -0.4 is 0 Å². The average Bonchev–Trinajstić information content (AvgIpc) is 2.30. The van der Waals surface area contributed by atoms with Crippen molar-refractivity contribution in [2.75, 3.05) is 5.33 Å². The van der Waals surface area contributed by atoms with Crippen molar-refractivity contribution in [3.63, 3.8) is 0 Å². The van der Waals surface area contributed by atoms with Gasteiger partial charge in [-0.25, -0.2) is 0 Å². The van der Waals surface area contributed by atoms with Crippen molar-refractivity contribution in [2.45, 2.75) is 38.8 Å². The number of amides is 1. The Labute approximate surface area is 76.1 Å². The Morgan fingerprint density at radius 3 is 2.27 bits per heavy atom. The van der Waals surface area contributed by atoms with Gasteiger partial charge < -0.3 is 4.90 Å². The summed E-state index contributed by atoms with van der Waals surface area (Å²) in [7, 11) is 0. The highest BCUT2D eigenvalue weighted by molar-refractivity contribution is 9.09.